The monoisotopic (exact) mass is 611 g/mol. The van der Waals surface area contributed by atoms with Crippen LogP contribution in [0.15, 0.2) is 152 Å². The molecule has 5 heteroatoms. The average Bonchev–Trinajstić information content (AvgIpc) is 3.69. The molecule has 2 atom stereocenters. The Kier molecular flexibility index (Phi) is 6.15. The topological polar surface area (TPSA) is 38.2 Å². The van der Waals surface area contributed by atoms with Crippen LogP contribution in [0.5, 0.6) is 5.75 Å². The molecule has 0 amide bonds. The minimum absolute atomic E-state index is 0.0833. The van der Waals surface area contributed by atoms with Crippen molar-refractivity contribution >= 4 is 54.5 Å². The third-order valence-corrected chi connectivity index (χ3v) is 10.4. The molecule has 0 N–H and O–H groups in total. The van der Waals surface area contributed by atoms with Crippen molar-refractivity contribution in [2.24, 2.45) is 0 Å². The molecule has 2 aromatic heterocycles. The van der Waals surface area contributed by atoms with E-state index in [-0.39, 0.29) is 11.5 Å². The van der Waals surface area contributed by atoms with Crippen LogP contribution in [-0.2, 0) is 5.41 Å². The zero-order chi connectivity index (χ0) is 30.7. The van der Waals surface area contributed by atoms with E-state index in [0.29, 0.717) is 5.95 Å². The van der Waals surface area contributed by atoms with Gasteiger partial charge in [-0.2, -0.15) is 0 Å². The fourth-order valence-electron chi connectivity index (χ4n) is 6.84. The van der Waals surface area contributed by atoms with Crippen molar-refractivity contribution in [3.63, 3.8) is 0 Å². The van der Waals surface area contributed by atoms with Crippen molar-refractivity contribution in [2.45, 2.75) is 18.4 Å². The quantitative estimate of drug-likeness (QED) is 0.194. The smallest absolute Gasteiger partial charge is 0.235 e. The maximum atomic E-state index is 6.56. The van der Waals surface area contributed by atoms with Crippen LogP contribution in [0.1, 0.15) is 18.1 Å². The lowest BCUT2D eigenvalue weighted by atomic mass is 9.72. The van der Waals surface area contributed by atoms with Crippen LogP contribution >= 0.6 is 11.3 Å². The van der Waals surface area contributed by atoms with Gasteiger partial charge in [0.25, 0.3) is 0 Å². The first-order valence-corrected chi connectivity index (χ1v) is 16.3. The minimum atomic E-state index is -0.325. The summed E-state index contributed by atoms with van der Waals surface area (Å²) in [7, 11) is 0. The molecular weight excluding hydrogens is 583 g/mol. The highest BCUT2D eigenvalue weighted by atomic mass is 32.1. The number of nitrogens with zero attached hydrogens (tertiary/aromatic N) is 3. The SMILES string of the molecule is CC1(c2ccc(N(c3ccc(-c4ccccc4)cc3)c3ncc4sc5ccccc5c4n3)cc2)C=CC=C2c3ccccc3OC21. The molecule has 220 valence electrons. The average molecular weight is 612 g/mol. The number of hydrogen-bond donors (Lipinski definition) is 0. The Balaban J connectivity index is 1.13. The number of thiophene rings is 1. The van der Waals surface area contributed by atoms with E-state index in [2.05, 4.69) is 145 Å². The van der Waals surface area contributed by atoms with Gasteiger partial charge in [0.2, 0.25) is 5.95 Å². The highest BCUT2D eigenvalue weighted by Crippen LogP contribution is 2.49. The first-order chi connectivity index (χ1) is 22.7. The van der Waals surface area contributed by atoms with E-state index < -0.39 is 0 Å². The Bertz CT molecular complexity index is 2310. The molecule has 9 rings (SSSR count). The van der Waals surface area contributed by atoms with Gasteiger partial charge < -0.3 is 4.74 Å². The Morgan fingerprint density at radius 3 is 2.24 bits per heavy atom. The lowest BCUT2D eigenvalue weighted by Gasteiger charge is -2.35. The van der Waals surface area contributed by atoms with Crippen LogP contribution in [0.2, 0.25) is 0 Å². The molecule has 0 spiro atoms. The van der Waals surface area contributed by atoms with Crippen molar-refractivity contribution < 1.29 is 4.74 Å². The molecule has 2 unspecified atom stereocenters. The third-order valence-electron chi connectivity index (χ3n) is 9.27. The van der Waals surface area contributed by atoms with Crippen LogP contribution in [0.25, 0.3) is 37.0 Å². The van der Waals surface area contributed by atoms with Gasteiger partial charge in [-0.15, -0.1) is 11.3 Å². The fourth-order valence-corrected chi connectivity index (χ4v) is 7.85. The Hall–Kier alpha value is -5.52. The van der Waals surface area contributed by atoms with Gasteiger partial charge in [-0.25, -0.2) is 9.97 Å². The van der Waals surface area contributed by atoms with Gasteiger partial charge in [-0.3, -0.25) is 4.90 Å². The summed E-state index contributed by atoms with van der Waals surface area (Å²) in [6.45, 7) is 2.26. The molecular formula is C41H29N3OS. The zero-order valence-corrected chi connectivity index (χ0v) is 26.0. The maximum Gasteiger partial charge on any atom is 0.235 e. The first kappa shape index (κ1) is 26.8. The molecule has 3 heterocycles. The molecule has 1 aliphatic heterocycles. The fraction of sp³-hybridized carbons (Fsp3) is 0.0732. The summed E-state index contributed by atoms with van der Waals surface area (Å²) in [5.41, 5.74) is 8.59. The lowest BCUT2D eigenvalue weighted by Crippen LogP contribution is -2.39. The van der Waals surface area contributed by atoms with Gasteiger partial charge in [0.1, 0.15) is 11.9 Å². The Morgan fingerprint density at radius 2 is 1.41 bits per heavy atom. The molecule has 2 aliphatic rings. The predicted molar refractivity (Wildman–Crippen MR) is 190 cm³/mol. The van der Waals surface area contributed by atoms with Gasteiger partial charge in [-0.1, -0.05) is 109 Å². The van der Waals surface area contributed by atoms with E-state index in [1.165, 1.54) is 32.5 Å². The van der Waals surface area contributed by atoms with Crippen molar-refractivity contribution in [1.82, 2.24) is 9.97 Å². The second-order valence-electron chi connectivity index (χ2n) is 12.0. The maximum absolute atomic E-state index is 6.56. The first-order valence-electron chi connectivity index (χ1n) is 15.5. The number of rotatable bonds is 5. The highest BCUT2D eigenvalue weighted by molar-refractivity contribution is 7.25. The second kappa shape index (κ2) is 10.5. The molecule has 7 aromatic rings. The van der Waals surface area contributed by atoms with Gasteiger partial charge in [-0.05, 0) is 60.0 Å². The van der Waals surface area contributed by atoms with E-state index >= 15 is 0 Å². The molecule has 0 saturated carbocycles. The molecule has 1 aliphatic carbocycles. The standard InChI is InChI=1S/C41H29N3OS/c1-41(25-9-14-33-32-12-5-7-15-35(32)45-39(33)41)29-19-23-31(24-20-29)44(30-21-17-28(18-22-30)27-10-3-2-4-11-27)40-42-26-37-38(43-40)34-13-6-8-16-36(34)46-37/h2-26,39H,1H3. The number of fused-ring (bicyclic) bond motifs is 6. The van der Waals surface area contributed by atoms with Crippen molar-refractivity contribution in [1.29, 1.82) is 0 Å². The Morgan fingerprint density at radius 1 is 0.717 bits per heavy atom. The zero-order valence-electron chi connectivity index (χ0n) is 25.2. The Labute approximate surface area is 271 Å². The molecule has 5 aromatic carbocycles. The number of aromatic nitrogens is 2. The van der Waals surface area contributed by atoms with E-state index in [1.54, 1.807) is 11.3 Å². The summed E-state index contributed by atoms with van der Waals surface area (Å²) in [6.07, 6.45) is 8.49. The summed E-state index contributed by atoms with van der Waals surface area (Å²) in [4.78, 5) is 12.2. The van der Waals surface area contributed by atoms with Gasteiger partial charge in [0.05, 0.1) is 21.8 Å². The molecule has 46 heavy (non-hydrogen) atoms. The second-order valence-corrected chi connectivity index (χ2v) is 13.1. The van der Waals surface area contributed by atoms with E-state index in [9.17, 15) is 0 Å². The summed E-state index contributed by atoms with van der Waals surface area (Å²) >= 11 is 1.73. The van der Waals surface area contributed by atoms with E-state index in [4.69, 9.17) is 14.7 Å². The number of ether oxygens (including phenoxy) is 1. The minimum Gasteiger partial charge on any atom is -0.484 e. The summed E-state index contributed by atoms with van der Waals surface area (Å²) in [5, 5.41) is 1.15. The van der Waals surface area contributed by atoms with Crippen LogP contribution in [0, 0.1) is 0 Å². The van der Waals surface area contributed by atoms with Crippen molar-refractivity contribution in [3.8, 4) is 16.9 Å². The molecule has 0 saturated heterocycles. The number of para-hydroxylation sites is 1. The van der Waals surface area contributed by atoms with Gasteiger partial charge >= 0.3 is 0 Å². The predicted octanol–water partition coefficient (Wildman–Crippen LogP) is 10.7. The number of benzene rings is 5. The summed E-state index contributed by atoms with van der Waals surface area (Å²) in [5.74, 6) is 1.59. The van der Waals surface area contributed by atoms with Gasteiger partial charge in [0.15, 0.2) is 0 Å². The summed E-state index contributed by atoms with van der Waals surface area (Å²) in [6, 6.07) is 44.7. The van der Waals surface area contributed by atoms with Crippen LogP contribution in [0.3, 0.4) is 0 Å². The van der Waals surface area contributed by atoms with Crippen molar-refractivity contribution in [2.75, 3.05) is 4.90 Å². The molecule has 4 nitrogen and oxygen atoms in total. The largest absolute Gasteiger partial charge is 0.484 e. The molecule has 0 fully saturated rings. The number of anilines is 3. The summed E-state index contributed by atoms with van der Waals surface area (Å²) < 4.78 is 8.86. The third kappa shape index (κ3) is 4.27. The highest BCUT2D eigenvalue weighted by Gasteiger charge is 2.44. The van der Waals surface area contributed by atoms with Crippen LogP contribution in [0.4, 0.5) is 17.3 Å². The van der Waals surface area contributed by atoms with E-state index in [1.807, 2.05) is 18.3 Å². The van der Waals surface area contributed by atoms with Crippen molar-refractivity contribution in [3.05, 3.63) is 163 Å². The molecule has 0 radical (unpaired) electrons. The van der Waals surface area contributed by atoms with Crippen LogP contribution in [-0.4, -0.2) is 16.1 Å². The number of allylic oxidation sites excluding steroid dienone is 2. The van der Waals surface area contributed by atoms with Crippen LogP contribution < -0.4 is 9.64 Å². The molecule has 0 bridgehead atoms. The normalized spacial score (nSPS) is 18.2. The lowest BCUT2D eigenvalue weighted by molar-refractivity contribution is 0.208. The van der Waals surface area contributed by atoms with E-state index in [0.717, 1.165) is 32.7 Å². The number of hydrogen-bond acceptors (Lipinski definition) is 5. The van der Waals surface area contributed by atoms with Gasteiger partial charge in [0, 0.05) is 32.6 Å².